The molecule has 1 fully saturated rings. The number of hydrogen-bond donors (Lipinski definition) is 1. The second-order valence-electron chi connectivity index (χ2n) is 4.64. The van der Waals surface area contributed by atoms with E-state index in [9.17, 15) is 0 Å². The van der Waals surface area contributed by atoms with Crippen LogP contribution in [0.3, 0.4) is 0 Å². The molecule has 0 bridgehead atoms. The fourth-order valence-corrected chi connectivity index (χ4v) is 2.66. The number of nitrogens with zero attached hydrogens (tertiary/aromatic N) is 2. The predicted molar refractivity (Wildman–Crippen MR) is 65.2 cm³/mol. The summed E-state index contributed by atoms with van der Waals surface area (Å²) in [6.07, 6.45) is 8.67. The average Bonchev–Trinajstić information content (AvgIpc) is 2.66. The Morgan fingerprint density at radius 2 is 2.12 bits per heavy atom. The lowest BCUT2D eigenvalue weighted by atomic mass is 9.80. The van der Waals surface area contributed by atoms with Gasteiger partial charge in [-0.1, -0.05) is 24.4 Å². The Hall–Kier alpha value is -0.550. The molecule has 1 aliphatic rings. The van der Waals surface area contributed by atoms with E-state index in [2.05, 4.69) is 10.1 Å². The monoisotopic (exact) mass is 241 g/mol. The van der Waals surface area contributed by atoms with E-state index >= 15 is 0 Å². The Bertz CT molecular complexity index is 334. The van der Waals surface area contributed by atoms with Crippen molar-refractivity contribution in [2.45, 2.75) is 49.8 Å². The van der Waals surface area contributed by atoms with Crippen molar-refractivity contribution in [1.29, 1.82) is 0 Å². The maximum absolute atomic E-state index is 6.34. The number of nitrogens with two attached hydrogens (primary N) is 1. The van der Waals surface area contributed by atoms with Gasteiger partial charge in [-0.15, -0.1) is 0 Å². The number of aromatic nitrogens is 2. The van der Waals surface area contributed by atoms with E-state index in [0.717, 1.165) is 30.8 Å². The molecule has 90 valence electrons. The maximum atomic E-state index is 6.34. The van der Waals surface area contributed by atoms with Gasteiger partial charge in [0.25, 0.3) is 0 Å². The fourth-order valence-electron chi connectivity index (χ4n) is 2.28. The van der Waals surface area contributed by atoms with Gasteiger partial charge in [0.05, 0.1) is 5.75 Å². The molecule has 4 nitrogen and oxygen atoms in total. The topological polar surface area (TPSA) is 64.9 Å². The second-order valence-corrected chi connectivity index (χ2v) is 5.50. The van der Waals surface area contributed by atoms with Crippen LogP contribution in [0, 0.1) is 0 Å². The molecule has 0 aromatic carbocycles. The summed E-state index contributed by atoms with van der Waals surface area (Å²) in [5, 5.41) is 3.94. The first kappa shape index (κ1) is 11.9. The molecule has 0 saturated heterocycles. The third kappa shape index (κ3) is 2.98. The van der Waals surface area contributed by atoms with Crippen molar-refractivity contribution in [2.75, 3.05) is 6.26 Å². The zero-order chi connectivity index (χ0) is 11.4. The Balaban J connectivity index is 1.96. The molecule has 0 unspecified atom stereocenters. The summed E-state index contributed by atoms with van der Waals surface area (Å²) in [6, 6.07) is 0. The molecule has 0 atom stereocenters. The van der Waals surface area contributed by atoms with Crippen LogP contribution in [0.4, 0.5) is 0 Å². The molecule has 1 heterocycles. The highest BCUT2D eigenvalue weighted by Crippen LogP contribution is 2.28. The molecule has 0 spiro atoms. The molecule has 1 aromatic rings. The van der Waals surface area contributed by atoms with Crippen LogP contribution in [0.5, 0.6) is 0 Å². The standard InChI is InChI=1S/C11H19N3OS/c1-16-8-9-13-10(15-14-9)7-11(12)5-3-2-4-6-11/h2-8,12H2,1H3. The first-order chi connectivity index (χ1) is 7.72. The van der Waals surface area contributed by atoms with E-state index in [1.165, 1.54) is 19.3 Å². The lowest BCUT2D eigenvalue weighted by Crippen LogP contribution is -2.43. The van der Waals surface area contributed by atoms with Gasteiger partial charge in [0.1, 0.15) is 0 Å². The van der Waals surface area contributed by atoms with Crippen molar-refractivity contribution in [3.05, 3.63) is 11.7 Å². The first-order valence-electron chi connectivity index (χ1n) is 5.81. The molecule has 16 heavy (non-hydrogen) atoms. The number of rotatable bonds is 4. The van der Waals surface area contributed by atoms with Gasteiger partial charge in [0.15, 0.2) is 5.82 Å². The minimum Gasteiger partial charge on any atom is -0.339 e. The zero-order valence-corrected chi connectivity index (χ0v) is 10.6. The van der Waals surface area contributed by atoms with Crippen molar-refractivity contribution < 1.29 is 4.52 Å². The zero-order valence-electron chi connectivity index (χ0n) is 9.74. The van der Waals surface area contributed by atoms with E-state index in [-0.39, 0.29) is 5.54 Å². The summed E-state index contributed by atoms with van der Waals surface area (Å²) < 4.78 is 5.23. The molecular weight excluding hydrogens is 222 g/mol. The molecule has 1 aromatic heterocycles. The van der Waals surface area contributed by atoms with E-state index < -0.39 is 0 Å². The molecular formula is C11H19N3OS. The molecule has 2 rings (SSSR count). The summed E-state index contributed by atoms with van der Waals surface area (Å²) in [5.41, 5.74) is 6.23. The largest absolute Gasteiger partial charge is 0.339 e. The van der Waals surface area contributed by atoms with Crippen LogP contribution in [0.15, 0.2) is 4.52 Å². The summed E-state index contributed by atoms with van der Waals surface area (Å²) in [4.78, 5) is 4.36. The lowest BCUT2D eigenvalue weighted by Gasteiger charge is -2.31. The van der Waals surface area contributed by atoms with Gasteiger partial charge >= 0.3 is 0 Å². The normalized spacial score (nSPS) is 19.9. The van der Waals surface area contributed by atoms with Crippen molar-refractivity contribution in [2.24, 2.45) is 5.73 Å². The van der Waals surface area contributed by atoms with Crippen molar-refractivity contribution in [3.8, 4) is 0 Å². The number of hydrogen-bond acceptors (Lipinski definition) is 5. The van der Waals surface area contributed by atoms with Gasteiger partial charge in [-0.2, -0.15) is 16.7 Å². The predicted octanol–water partition coefficient (Wildman–Crippen LogP) is 2.14. The van der Waals surface area contributed by atoms with Crippen LogP contribution in [0.25, 0.3) is 0 Å². The molecule has 1 aliphatic carbocycles. The van der Waals surface area contributed by atoms with Crippen LogP contribution in [0.2, 0.25) is 0 Å². The fraction of sp³-hybridized carbons (Fsp3) is 0.818. The van der Waals surface area contributed by atoms with E-state index in [0.29, 0.717) is 5.89 Å². The van der Waals surface area contributed by atoms with Crippen LogP contribution in [-0.2, 0) is 12.2 Å². The highest BCUT2D eigenvalue weighted by molar-refractivity contribution is 7.97. The third-order valence-corrected chi connectivity index (χ3v) is 3.68. The van der Waals surface area contributed by atoms with Gasteiger partial charge in [-0.3, -0.25) is 0 Å². The highest BCUT2D eigenvalue weighted by Gasteiger charge is 2.29. The van der Waals surface area contributed by atoms with E-state index in [4.69, 9.17) is 10.3 Å². The molecule has 0 amide bonds. The van der Waals surface area contributed by atoms with Gasteiger partial charge in [-0.25, -0.2) is 0 Å². The van der Waals surface area contributed by atoms with Crippen molar-refractivity contribution >= 4 is 11.8 Å². The van der Waals surface area contributed by atoms with E-state index in [1.54, 1.807) is 11.8 Å². The average molecular weight is 241 g/mol. The van der Waals surface area contributed by atoms with Crippen LogP contribution in [0.1, 0.15) is 43.8 Å². The minimum atomic E-state index is -0.110. The van der Waals surface area contributed by atoms with Gasteiger partial charge in [0.2, 0.25) is 5.89 Å². The Morgan fingerprint density at radius 3 is 2.81 bits per heavy atom. The molecule has 0 radical (unpaired) electrons. The Labute approximate surface area is 100 Å². The quantitative estimate of drug-likeness (QED) is 0.875. The van der Waals surface area contributed by atoms with E-state index in [1.807, 2.05) is 6.26 Å². The molecule has 1 saturated carbocycles. The third-order valence-electron chi connectivity index (χ3n) is 3.14. The molecule has 5 heteroatoms. The smallest absolute Gasteiger partial charge is 0.228 e. The molecule has 2 N–H and O–H groups in total. The van der Waals surface area contributed by atoms with Crippen molar-refractivity contribution in [1.82, 2.24) is 10.1 Å². The maximum Gasteiger partial charge on any atom is 0.228 e. The summed E-state index contributed by atoms with van der Waals surface area (Å²) in [5.74, 6) is 2.29. The van der Waals surface area contributed by atoms with Gasteiger partial charge in [-0.05, 0) is 19.1 Å². The highest BCUT2D eigenvalue weighted by atomic mass is 32.2. The summed E-state index contributed by atoms with van der Waals surface area (Å²) >= 11 is 1.70. The SMILES string of the molecule is CSCc1noc(CC2(N)CCCCC2)n1. The second kappa shape index (κ2) is 5.19. The lowest BCUT2D eigenvalue weighted by molar-refractivity contribution is 0.260. The van der Waals surface area contributed by atoms with Crippen LogP contribution in [-0.4, -0.2) is 21.9 Å². The molecule has 0 aliphatic heterocycles. The van der Waals surface area contributed by atoms with Gasteiger partial charge < -0.3 is 10.3 Å². The van der Waals surface area contributed by atoms with Gasteiger partial charge in [0, 0.05) is 12.0 Å². The van der Waals surface area contributed by atoms with Crippen molar-refractivity contribution in [3.63, 3.8) is 0 Å². The minimum absolute atomic E-state index is 0.110. The Morgan fingerprint density at radius 1 is 1.38 bits per heavy atom. The van der Waals surface area contributed by atoms with Crippen LogP contribution >= 0.6 is 11.8 Å². The first-order valence-corrected chi connectivity index (χ1v) is 7.20. The summed E-state index contributed by atoms with van der Waals surface area (Å²) in [6.45, 7) is 0. The number of thioether (sulfide) groups is 1. The van der Waals surface area contributed by atoms with Crippen LogP contribution < -0.4 is 5.73 Å². The Kier molecular flexibility index (Phi) is 3.86. The summed E-state index contributed by atoms with van der Waals surface area (Å²) in [7, 11) is 0.